The van der Waals surface area contributed by atoms with Crippen molar-refractivity contribution in [2.45, 2.75) is 5.22 Å². The Morgan fingerprint density at radius 2 is 2.17 bits per heavy atom. The number of nitrogens with one attached hydrogen (secondary N) is 1. The molecule has 0 bridgehead atoms. The maximum absolute atomic E-state index is 12.0. The van der Waals surface area contributed by atoms with Crippen LogP contribution in [-0.2, 0) is 4.79 Å². The third-order valence-electron chi connectivity index (χ3n) is 3.50. The fraction of sp³-hybridized carbons (Fsp3) is 0.286. The van der Waals surface area contributed by atoms with Crippen molar-refractivity contribution in [2.75, 3.05) is 25.6 Å². The number of rotatable bonds is 4. The Morgan fingerprint density at radius 1 is 1.29 bits per heavy atom. The van der Waals surface area contributed by atoms with Crippen LogP contribution in [0.1, 0.15) is 0 Å². The van der Waals surface area contributed by atoms with Gasteiger partial charge in [-0.3, -0.25) is 9.69 Å². The zero-order chi connectivity index (χ0) is 16.5. The molecular formula is C14H12N4O5S. The van der Waals surface area contributed by atoms with E-state index in [4.69, 9.17) is 13.9 Å². The molecule has 124 valence electrons. The van der Waals surface area contributed by atoms with E-state index in [1.807, 2.05) is 0 Å². The molecule has 1 aromatic heterocycles. The first-order valence-electron chi connectivity index (χ1n) is 7.15. The van der Waals surface area contributed by atoms with Gasteiger partial charge in [-0.2, -0.15) is 0 Å². The Morgan fingerprint density at radius 3 is 3.00 bits per heavy atom. The molecule has 0 unspecified atom stereocenters. The van der Waals surface area contributed by atoms with E-state index < -0.39 is 0 Å². The molecular weight excluding hydrogens is 336 g/mol. The smallest absolute Gasteiger partial charge is 0.324 e. The van der Waals surface area contributed by atoms with E-state index in [0.717, 1.165) is 11.8 Å². The number of nitrogens with zero attached hydrogens (tertiary/aromatic N) is 3. The number of imide groups is 1. The molecule has 2 aliphatic rings. The summed E-state index contributed by atoms with van der Waals surface area (Å²) in [6, 6.07) is 4.94. The lowest BCUT2D eigenvalue weighted by atomic mass is 10.2. The number of benzene rings is 1. The second kappa shape index (κ2) is 6.04. The third kappa shape index (κ3) is 2.75. The predicted octanol–water partition coefficient (Wildman–Crippen LogP) is 1.11. The third-order valence-corrected chi connectivity index (χ3v) is 4.31. The van der Waals surface area contributed by atoms with Crippen LogP contribution < -0.4 is 14.8 Å². The molecule has 10 heteroatoms. The highest BCUT2D eigenvalue weighted by atomic mass is 32.2. The molecule has 24 heavy (non-hydrogen) atoms. The van der Waals surface area contributed by atoms with Crippen LogP contribution in [-0.4, -0.2) is 52.7 Å². The average molecular weight is 348 g/mol. The highest BCUT2D eigenvalue weighted by molar-refractivity contribution is 7.99. The first-order valence-corrected chi connectivity index (χ1v) is 8.14. The SMILES string of the molecule is O=C(CSc1nnc(-c2ccc3c(c2)OCO3)o1)N1CCNC1=O. The second-order valence-electron chi connectivity index (χ2n) is 5.01. The van der Waals surface area contributed by atoms with Gasteiger partial charge in [0, 0.05) is 18.7 Å². The Kier molecular flexibility index (Phi) is 3.73. The molecule has 1 fully saturated rings. The molecule has 9 nitrogen and oxygen atoms in total. The van der Waals surface area contributed by atoms with Crippen molar-refractivity contribution in [1.29, 1.82) is 0 Å². The molecule has 4 rings (SSSR count). The highest BCUT2D eigenvalue weighted by Crippen LogP contribution is 2.36. The van der Waals surface area contributed by atoms with Gasteiger partial charge in [0.15, 0.2) is 11.5 Å². The Labute approximate surface area is 140 Å². The number of carbonyl (C=O) groups is 2. The van der Waals surface area contributed by atoms with Gasteiger partial charge >= 0.3 is 6.03 Å². The van der Waals surface area contributed by atoms with Crippen molar-refractivity contribution in [3.63, 3.8) is 0 Å². The zero-order valence-corrected chi connectivity index (χ0v) is 13.2. The van der Waals surface area contributed by atoms with Gasteiger partial charge in [-0.25, -0.2) is 4.79 Å². The monoisotopic (exact) mass is 348 g/mol. The average Bonchev–Trinajstić information content (AvgIpc) is 3.32. The normalized spacial score (nSPS) is 15.7. The maximum Gasteiger partial charge on any atom is 0.324 e. The lowest BCUT2D eigenvalue weighted by Gasteiger charge is -2.10. The quantitative estimate of drug-likeness (QED) is 0.819. The standard InChI is InChI=1S/C14H12N4O5S/c19-11(18-4-3-15-13(18)20)6-24-14-17-16-12(23-14)8-1-2-9-10(5-8)22-7-21-9/h1-2,5H,3-4,6-7H2,(H,15,20). The van der Waals surface area contributed by atoms with E-state index in [0.29, 0.717) is 36.0 Å². The van der Waals surface area contributed by atoms with Crippen molar-refractivity contribution in [3.8, 4) is 23.0 Å². The number of hydrogen-bond acceptors (Lipinski definition) is 8. The van der Waals surface area contributed by atoms with Gasteiger partial charge in [-0.15, -0.1) is 10.2 Å². The van der Waals surface area contributed by atoms with Crippen LogP contribution in [0.2, 0.25) is 0 Å². The van der Waals surface area contributed by atoms with Crippen molar-refractivity contribution >= 4 is 23.7 Å². The van der Waals surface area contributed by atoms with Gasteiger partial charge in [-0.05, 0) is 18.2 Å². The molecule has 2 aromatic rings. The summed E-state index contributed by atoms with van der Waals surface area (Å²) in [6.07, 6.45) is 0. The van der Waals surface area contributed by atoms with E-state index in [-0.39, 0.29) is 29.7 Å². The molecule has 0 atom stereocenters. The highest BCUT2D eigenvalue weighted by Gasteiger charge is 2.26. The number of carbonyl (C=O) groups excluding carboxylic acids is 2. The molecule has 1 saturated heterocycles. The van der Waals surface area contributed by atoms with Gasteiger partial charge < -0.3 is 19.2 Å². The van der Waals surface area contributed by atoms with Gasteiger partial charge in [-0.1, -0.05) is 11.8 Å². The summed E-state index contributed by atoms with van der Waals surface area (Å²) >= 11 is 1.09. The van der Waals surface area contributed by atoms with Crippen molar-refractivity contribution in [3.05, 3.63) is 18.2 Å². The molecule has 3 heterocycles. The van der Waals surface area contributed by atoms with E-state index in [9.17, 15) is 9.59 Å². The van der Waals surface area contributed by atoms with Crippen LogP contribution in [0.15, 0.2) is 27.8 Å². The van der Waals surface area contributed by atoms with Gasteiger partial charge in [0.1, 0.15) is 0 Å². The fourth-order valence-electron chi connectivity index (χ4n) is 2.33. The first kappa shape index (κ1) is 14.8. The number of amides is 3. The van der Waals surface area contributed by atoms with Crippen LogP contribution in [0.25, 0.3) is 11.5 Å². The lowest BCUT2D eigenvalue weighted by Crippen LogP contribution is -2.35. The summed E-state index contributed by atoms with van der Waals surface area (Å²) in [6.45, 7) is 1.05. The molecule has 0 saturated carbocycles. The Balaban J connectivity index is 1.41. The Hall–Kier alpha value is -2.75. The predicted molar refractivity (Wildman–Crippen MR) is 81.7 cm³/mol. The molecule has 0 aliphatic carbocycles. The summed E-state index contributed by atoms with van der Waals surface area (Å²) in [5, 5.41) is 10.7. The summed E-state index contributed by atoms with van der Waals surface area (Å²) in [5.74, 6) is 1.37. The Bertz CT molecular complexity index is 808. The van der Waals surface area contributed by atoms with Crippen molar-refractivity contribution < 1.29 is 23.5 Å². The van der Waals surface area contributed by atoms with Crippen LogP contribution in [0.3, 0.4) is 0 Å². The van der Waals surface area contributed by atoms with Crippen LogP contribution in [0.4, 0.5) is 4.79 Å². The topological polar surface area (TPSA) is 107 Å². The number of fused-ring (bicyclic) bond motifs is 1. The summed E-state index contributed by atoms with van der Waals surface area (Å²) in [4.78, 5) is 24.5. The minimum Gasteiger partial charge on any atom is -0.454 e. The van der Waals surface area contributed by atoms with Gasteiger partial charge in [0.05, 0.1) is 5.75 Å². The minimum atomic E-state index is -0.368. The maximum atomic E-state index is 12.0. The van der Waals surface area contributed by atoms with E-state index in [2.05, 4.69) is 15.5 Å². The van der Waals surface area contributed by atoms with Crippen molar-refractivity contribution in [2.24, 2.45) is 0 Å². The first-order chi connectivity index (χ1) is 11.7. The molecule has 1 N–H and O–H groups in total. The van der Waals surface area contributed by atoms with E-state index in [1.54, 1.807) is 18.2 Å². The molecule has 2 aliphatic heterocycles. The largest absolute Gasteiger partial charge is 0.454 e. The number of hydrogen-bond donors (Lipinski definition) is 1. The number of thioether (sulfide) groups is 1. The van der Waals surface area contributed by atoms with Crippen LogP contribution >= 0.6 is 11.8 Å². The van der Waals surface area contributed by atoms with Crippen LogP contribution in [0, 0.1) is 0 Å². The van der Waals surface area contributed by atoms with Crippen molar-refractivity contribution in [1.82, 2.24) is 20.4 Å². The van der Waals surface area contributed by atoms with Crippen LogP contribution in [0.5, 0.6) is 11.5 Å². The summed E-state index contributed by atoms with van der Waals surface area (Å²) in [7, 11) is 0. The minimum absolute atomic E-state index is 0.0518. The zero-order valence-electron chi connectivity index (χ0n) is 12.4. The number of ether oxygens (including phenoxy) is 2. The van der Waals surface area contributed by atoms with Gasteiger partial charge in [0.25, 0.3) is 5.22 Å². The van der Waals surface area contributed by atoms with E-state index >= 15 is 0 Å². The number of aromatic nitrogens is 2. The molecule has 0 radical (unpaired) electrons. The fourth-order valence-corrected chi connectivity index (χ4v) is 2.96. The van der Waals surface area contributed by atoms with E-state index in [1.165, 1.54) is 4.90 Å². The lowest BCUT2D eigenvalue weighted by molar-refractivity contribution is -0.124. The molecule has 3 amide bonds. The molecule has 1 aromatic carbocycles. The number of urea groups is 1. The summed E-state index contributed by atoms with van der Waals surface area (Å²) in [5.41, 5.74) is 0.698. The second-order valence-corrected chi connectivity index (χ2v) is 5.93. The molecule has 0 spiro atoms. The summed E-state index contributed by atoms with van der Waals surface area (Å²) < 4.78 is 16.1. The van der Waals surface area contributed by atoms with Gasteiger partial charge in [0.2, 0.25) is 18.6 Å².